The summed E-state index contributed by atoms with van der Waals surface area (Å²) in [4.78, 5) is 0. The molecule has 0 aromatic heterocycles. The molecule has 1 aromatic carbocycles. The number of benzene rings is 1. The summed E-state index contributed by atoms with van der Waals surface area (Å²) in [6.45, 7) is 1.62. The zero-order valence-electron chi connectivity index (χ0n) is 6.67. The predicted octanol–water partition coefficient (Wildman–Crippen LogP) is 3.54. The average Bonchev–Trinajstić information content (AvgIpc) is 2.13. The quantitative estimate of drug-likeness (QED) is 0.574. The van der Waals surface area contributed by atoms with Gasteiger partial charge in [-0.3, -0.25) is 0 Å². The highest BCUT2D eigenvalue weighted by atomic mass is 35.5. The number of hydrogen-bond acceptors (Lipinski definition) is 1. The maximum absolute atomic E-state index is 13.1. The van der Waals surface area contributed by atoms with Crippen LogP contribution in [0.25, 0.3) is 0 Å². The molecule has 0 bridgehead atoms. The average molecular weight is 227 g/mol. The summed E-state index contributed by atoms with van der Waals surface area (Å²) in [5, 5.41) is 8.30. The molecule has 0 saturated heterocycles. The van der Waals surface area contributed by atoms with Crippen LogP contribution in [0, 0.1) is 11.6 Å². The summed E-state index contributed by atoms with van der Waals surface area (Å²) in [6.07, 6.45) is 0.234. The van der Waals surface area contributed by atoms with Gasteiger partial charge in [-0.2, -0.15) is 0 Å². The standard InChI is InChI=1S/C8H6Cl2F2O/c1-2-3-4(9)5(10)7(12)8(13)6(3)11/h13H,2H2,1H3. The first-order valence-corrected chi connectivity index (χ1v) is 4.30. The highest BCUT2D eigenvalue weighted by Crippen LogP contribution is 2.37. The van der Waals surface area contributed by atoms with Gasteiger partial charge in [0.1, 0.15) is 0 Å². The molecule has 0 aliphatic carbocycles. The number of phenols is 1. The van der Waals surface area contributed by atoms with Crippen LogP contribution in [0.15, 0.2) is 0 Å². The van der Waals surface area contributed by atoms with Gasteiger partial charge in [-0.15, -0.1) is 0 Å². The zero-order valence-corrected chi connectivity index (χ0v) is 8.18. The predicted molar refractivity (Wildman–Crippen MR) is 47.4 cm³/mol. The summed E-state index contributed by atoms with van der Waals surface area (Å²) in [5.41, 5.74) is 0.0190. The maximum atomic E-state index is 13.1. The Hall–Kier alpha value is -0.540. The highest BCUT2D eigenvalue weighted by Gasteiger charge is 2.20. The molecule has 0 amide bonds. The molecule has 1 N–H and O–H groups in total. The molecule has 0 spiro atoms. The Morgan fingerprint density at radius 1 is 1.15 bits per heavy atom. The molecule has 0 heterocycles. The van der Waals surface area contributed by atoms with Gasteiger partial charge in [-0.25, -0.2) is 8.78 Å². The zero-order chi connectivity index (χ0) is 10.2. The smallest absolute Gasteiger partial charge is 0.189 e. The Morgan fingerprint density at radius 3 is 2.15 bits per heavy atom. The van der Waals surface area contributed by atoms with E-state index in [1.807, 2.05) is 0 Å². The first-order valence-electron chi connectivity index (χ1n) is 3.54. The van der Waals surface area contributed by atoms with Crippen LogP contribution in [0.2, 0.25) is 10.0 Å². The van der Waals surface area contributed by atoms with E-state index < -0.39 is 22.4 Å². The van der Waals surface area contributed by atoms with Crippen molar-refractivity contribution in [3.8, 4) is 5.75 Å². The third-order valence-corrected chi connectivity index (χ3v) is 2.55. The van der Waals surface area contributed by atoms with E-state index in [1.165, 1.54) is 0 Å². The Labute approximate surface area is 83.9 Å². The number of phenolic OH excluding ortho intramolecular Hbond substituents is 1. The molecule has 1 rings (SSSR count). The molecule has 1 aromatic rings. The molecule has 13 heavy (non-hydrogen) atoms. The molecule has 0 atom stereocenters. The van der Waals surface area contributed by atoms with Crippen molar-refractivity contribution in [2.75, 3.05) is 0 Å². The van der Waals surface area contributed by atoms with Crippen molar-refractivity contribution in [3.05, 3.63) is 27.2 Å². The van der Waals surface area contributed by atoms with E-state index in [4.69, 9.17) is 28.3 Å². The fourth-order valence-corrected chi connectivity index (χ4v) is 1.48. The van der Waals surface area contributed by atoms with Crippen LogP contribution < -0.4 is 0 Å². The van der Waals surface area contributed by atoms with Gasteiger partial charge in [0.2, 0.25) is 0 Å². The van der Waals surface area contributed by atoms with E-state index in [2.05, 4.69) is 0 Å². The molecule has 0 aliphatic rings. The molecule has 0 radical (unpaired) electrons. The van der Waals surface area contributed by atoms with E-state index in [0.717, 1.165) is 0 Å². The van der Waals surface area contributed by atoms with E-state index in [-0.39, 0.29) is 17.0 Å². The lowest BCUT2D eigenvalue weighted by Crippen LogP contribution is -1.94. The Balaban J connectivity index is 3.56. The van der Waals surface area contributed by atoms with Crippen molar-refractivity contribution in [3.63, 3.8) is 0 Å². The minimum absolute atomic E-state index is 0.0190. The summed E-state index contributed by atoms with van der Waals surface area (Å²) >= 11 is 11.0. The topological polar surface area (TPSA) is 20.2 Å². The Morgan fingerprint density at radius 2 is 1.69 bits per heavy atom. The highest BCUT2D eigenvalue weighted by molar-refractivity contribution is 6.42. The normalized spacial score (nSPS) is 10.5. The molecular weight excluding hydrogens is 221 g/mol. The Kier molecular flexibility index (Phi) is 2.98. The van der Waals surface area contributed by atoms with Gasteiger partial charge in [0, 0.05) is 5.56 Å². The van der Waals surface area contributed by atoms with Gasteiger partial charge in [-0.1, -0.05) is 30.1 Å². The van der Waals surface area contributed by atoms with Crippen molar-refractivity contribution >= 4 is 23.2 Å². The van der Waals surface area contributed by atoms with Crippen molar-refractivity contribution in [2.45, 2.75) is 13.3 Å². The lowest BCUT2D eigenvalue weighted by atomic mass is 10.1. The van der Waals surface area contributed by atoms with Gasteiger partial charge in [0.15, 0.2) is 17.4 Å². The van der Waals surface area contributed by atoms with Crippen LogP contribution in [0.3, 0.4) is 0 Å². The van der Waals surface area contributed by atoms with E-state index >= 15 is 0 Å². The first-order chi connectivity index (χ1) is 6.00. The summed E-state index contributed by atoms with van der Waals surface area (Å²) in [6, 6.07) is 0. The van der Waals surface area contributed by atoms with Crippen LogP contribution in [0.5, 0.6) is 5.75 Å². The minimum atomic E-state index is -1.22. The second-order valence-electron chi connectivity index (χ2n) is 2.44. The molecule has 0 unspecified atom stereocenters. The third kappa shape index (κ3) is 1.58. The van der Waals surface area contributed by atoms with Gasteiger partial charge in [-0.05, 0) is 6.42 Å². The van der Waals surface area contributed by atoms with Crippen LogP contribution in [0.4, 0.5) is 8.78 Å². The van der Waals surface area contributed by atoms with E-state index in [1.54, 1.807) is 6.92 Å². The number of hydrogen-bond donors (Lipinski definition) is 1. The van der Waals surface area contributed by atoms with Crippen LogP contribution in [-0.2, 0) is 6.42 Å². The van der Waals surface area contributed by atoms with Crippen LogP contribution in [0.1, 0.15) is 12.5 Å². The van der Waals surface area contributed by atoms with Gasteiger partial charge in [0.25, 0.3) is 0 Å². The first kappa shape index (κ1) is 10.5. The van der Waals surface area contributed by atoms with Gasteiger partial charge < -0.3 is 5.11 Å². The lowest BCUT2D eigenvalue weighted by molar-refractivity contribution is 0.393. The fraction of sp³-hybridized carbons (Fsp3) is 0.250. The summed E-state index contributed by atoms with van der Waals surface area (Å²) in [7, 11) is 0. The maximum Gasteiger partial charge on any atom is 0.189 e. The number of halogens is 4. The second-order valence-corrected chi connectivity index (χ2v) is 3.19. The van der Waals surface area contributed by atoms with Crippen molar-refractivity contribution in [1.82, 2.24) is 0 Å². The fourth-order valence-electron chi connectivity index (χ4n) is 0.979. The molecule has 1 nitrogen and oxygen atoms in total. The largest absolute Gasteiger partial charge is 0.503 e. The van der Waals surface area contributed by atoms with Crippen molar-refractivity contribution < 1.29 is 13.9 Å². The SMILES string of the molecule is CCc1c(F)c(O)c(F)c(Cl)c1Cl. The summed E-state index contributed by atoms with van der Waals surface area (Å²) < 4.78 is 25.9. The van der Waals surface area contributed by atoms with Gasteiger partial charge >= 0.3 is 0 Å². The molecule has 0 fully saturated rings. The monoisotopic (exact) mass is 226 g/mol. The molecule has 0 aliphatic heterocycles. The van der Waals surface area contributed by atoms with Crippen LogP contribution >= 0.6 is 23.2 Å². The second kappa shape index (κ2) is 3.68. The minimum Gasteiger partial charge on any atom is -0.503 e. The number of rotatable bonds is 1. The molecular formula is C8H6Cl2F2O. The summed E-state index contributed by atoms with van der Waals surface area (Å²) in [5.74, 6) is -3.35. The van der Waals surface area contributed by atoms with Gasteiger partial charge in [0.05, 0.1) is 10.0 Å². The third-order valence-electron chi connectivity index (χ3n) is 1.68. The Bertz CT molecular complexity index is 323. The van der Waals surface area contributed by atoms with E-state index in [0.29, 0.717) is 0 Å². The molecule has 72 valence electrons. The van der Waals surface area contributed by atoms with Crippen molar-refractivity contribution in [1.29, 1.82) is 0 Å². The lowest BCUT2D eigenvalue weighted by Gasteiger charge is -2.08. The van der Waals surface area contributed by atoms with Crippen molar-refractivity contribution in [2.24, 2.45) is 0 Å². The van der Waals surface area contributed by atoms with E-state index in [9.17, 15) is 8.78 Å². The number of aromatic hydroxyl groups is 1. The molecule has 5 heteroatoms. The van der Waals surface area contributed by atoms with Crippen LogP contribution in [-0.4, -0.2) is 5.11 Å². The molecule has 0 saturated carbocycles.